The van der Waals surface area contributed by atoms with Gasteiger partial charge in [-0.3, -0.25) is 19.2 Å². The van der Waals surface area contributed by atoms with E-state index in [0.717, 1.165) is 70.9 Å². The summed E-state index contributed by atoms with van der Waals surface area (Å²) in [4.78, 5) is 26.2. The van der Waals surface area contributed by atoms with Gasteiger partial charge < -0.3 is 5.21 Å². The molecule has 0 aliphatic heterocycles. The van der Waals surface area contributed by atoms with E-state index in [9.17, 15) is 10.0 Å². The molecule has 4 rings (SSSR count). The Bertz CT molecular complexity index is 1060. The summed E-state index contributed by atoms with van der Waals surface area (Å²) >= 11 is 1.57. The minimum atomic E-state index is 0.0195. The van der Waals surface area contributed by atoms with Crippen LogP contribution in [0.3, 0.4) is 0 Å². The molecule has 7 nitrogen and oxygen atoms in total. The van der Waals surface area contributed by atoms with Crippen LogP contribution in [-0.4, -0.2) is 26.0 Å². The van der Waals surface area contributed by atoms with Gasteiger partial charge in [-0.05, 0) is 44.2 Å². The first-order valence-electron chi connectivity index (χ1n) is 11.0. The third kappa shape index (κ3) is 4.70. The van der Waals surface area contributed by atoms with Crippen LogP contribution < -0.4 is 10.3 Å². The molecule has 3 heterocycles. The molecule has 0 fully saturated rings. The van der Waals surface area contributed by atoms with Crippen molar-refractivity contribution in [1.82, 2.24) is 19.4 Å². The normalized spacial score (nSPS) is 14.2. The lowest BCUT2D eigenvalue weighted by Gasteiger charge is -2.32. The van der Waals surface area contributed by atoms with Crippen LogP contribution in [0, 0.1) is 5.21 Å². The van der Waals surface area contributed by atoms with E-state index in [1.807, 2.05) is 22.9 Å². The van der Waals surface area contributed by atoms with E-state index in [1.165, 1.54) is 12.4 Å². The van der Waals surface area contributed by atoms with Gasteiger partial charge in [0, 0.05) is 35.3 Å². The summed E-state index contributed by atoms with van der Waals surface area (Å²) in [5, 5.41) is 11.4. The summed E-state index contributed by atoms with van der Waals surface area (Å²) in [5.41, 5.74) is 4.85. The van der Waals surface area contributed by atoms with Crippen molar-refractivity contribution in [1.29, 1.82) is 0 Å². The molecule has 1 aliphatic rings. The van der Waals surface area contributed by atoms with Gasteiger partial charge in [-0.2, -0.15) is 4.73 Å². The summed E-state index contributed by atoms with van der Waals surface area (Å²) in [5.74, 6) is 0.852. The predicted molar refractivity (Wildman–Crippen MR) is 121 cm³/mol. The molecule has 8 heteroatoms. The predicted octanol–water partition coefficient (Wildman–Crippen LogP) is 3.23. The maximum Gasteiger partial charge on any atom is 0.257 e. The summed E-state index contributed by atoms with van der Waals surface area (Å²) in [7, 11) is 0. The zero-order chi connectivity index (χ0) is 21.8. The van der Waals surface area contributed by atoms with Crippen molar-refractivity contribution in [3.05, 3.63) is 79.3 Å². The van der Waals surface area contributed by atoms with Crippen LogP contribution in [0.4, 0.5) is 0 Å². The number of pyridine rings is 1. The smallest absolute Gasteiger partial charge is 0.257 e. The van der Waals surface area contributed by atoms with E-state index in [0.29, 0.717) is 13.1 Å². The average Bonchev–Trinajstić information content (AvgIpc) is 3.45. The van der Waals surface area contributed by atoms with Crippen LogP contribution in [0.15, 0.2) is 41.0 Å². The van der Waals surface area contributed by atoms with Gasteiger partial charge >= 0.3 is 0 Å². The molecule has 0 N–H and O–H groups in total. The number of fused-ring (bicyclic) bond motifs is 1. The Morgan fingerprint density at radius 1 is 1.29 bits per heavy atom. The third-order valence-corrected chi connectivity index (χ3v) is 6.67. The summed E-state index contributed by atoms with van der Waals surface area (Å²) < 4.78 is 2.69. The molecule has 3 aromatic heterocycles. The second kappa shape index (κ2) is 9.70. The lowest BCUT2D eigenvalue weighted by Crippen LogP contribution is -2.37. The Labute approximate surface area is 186 Å². The summed E-state index contributed by atoms with van der Waals surface area (Å²) in [6, 6.07) is 3.75. The van der Waals surface area contributed by atoms with Crippen molar-refractivity contribution < 1.29 is 4.73 Å². The van der Waals surface area contributed by atoms with Crippen molar-refractivity contribution in [2.45, 2.75) is 65.1 Å². The lowest BCUT2D eigenvalue weighted by atomic mass is 10.1. The van der Waals surface area contributed by atoms with Crippen LogP contribution in [0.1, 0.15) is 66.7 Å². The second-order valence-electron chi connectivity index (χ2n) is 8.07. The van der Waals surface area contributed by atoms with E-state index in [2.05, 4.69) is 23.7 Å². The van der Waals surface area contributed by atoms with E-state index in [1.54, 1.807) is 16.8 Å². The highest BCUT2D eigenvalue weighted by molar-refractivity contribution is 7.09. The van der Waals surface area contributed by atoms with Gasteiger partial charge in [0.25, 0.3) is 5.56 Å². The van der Waals surface area contributed by atoms with Gasteiger partial charge in [0.2, 0.25) is 0 Å². The van der Waals surface area contributed by atoms with Crippen LogP contribution in [0.5, 0.6) is 0 Å². The van der Waals surface area contributed by atoms with Gasteiger partial charge in [-0.25, -0.2) is 4.98 Å². The Kier molecular flexibility index (Phi) is 6.77. The van der Waals surface area contributed by atoms with Gasteiger partial charge in [0.15, 0.2) is 12.4 Å². The Hall–Kier alpha value is -2.58. The zero-order valence-corrected chi connectivity index (χ0v) is 19.0. The molecule has 0 radical (unpaired) electrons. The maximum absolute atomic E-state index is 13.5. The fourth-order valence-corrected chi connectivity index (χ4v) is 5.03. The van der Waals surface area contributed by atoms with E-state index >= 15 is 0 Å². The Morgan fingerprint density at radius 3 is 2.77 bits per heavy atom. The number of nitrogens with zero attached hydrogens (tertiary/aromatic N) is 5. The molecular formula is C23H29N5O2S. The van der Waals surface area contributed by atoms with Crippen molar-refractivity contribution in [3.8, 4) is 0 Å². The van der Waals surface area contributed by atoms with Crippen LogP contribution in [-0.2, 0) is 25.9 Å². The fourth-order valence-electron chi connectivity index (χ4n) is 4.45. The first-order chi connectivity index (χ1) is 15.1. The molecule has 0 bridgehead atoms. The number of thiazole rings is 1. The number of rotatable bonds is 9. The molecular weight excluding hydrogens is 410 g/mol. The highest BCUT2D eigenvalue weighted by Crippen LogP contribution is 2.28. The van der Waals surface area contributed by atoms with Crippen LogP contribution in [0.25, 0.3) is 0 Å². The van der Waals surface area contributed by atoms with Crippen LogP contribution in [0.2, 0.25) is 0 Å². The third-order valence-electron chi connectivity index (χ3n) is 5.91. The second-order valence-corrected chi connectivity index (χ2v) is 9.04. The van der Waals surface area contributed by atoms with Gasteiger partial charge in [0.1, 0.15) is 5.82 Å². The lowest BCUT2D eigenvalue weighted by molar-refractivity contribution is -0.605. The van der Waals surface area contributed by atoms with Crippen molar-refractivity contribution >= 4 is 11.3 Å². The van der Waals surface area contributed by atoms with E-state index in [4.69, 9.17) is 4.98 Å². The molecule has 0 aromatic carbocycles. The van der Waals surface area contributed by atoms with Crippen LogP contribution >= 0.6 is 11.3 Å². The van der Waals surface area contributed by atoms with Crippen molar-refractivity contribution in [2.75, 3.05) is 6.54 Å². The Morgan fingerprint density at radius 2 is 2.10 bits per heavy atom. The van der Waals surface area contributed by atoms with E-state index in [-0.39, 0.29) is 11.6 Å². The fraction of sp³-hybridized carbons (Fsp3) is 0.478. The summed E-state index contributed by atoms with van der Waals surface area (Å²) in [6.45, 7) is 6.42. The van der Waals surface area contributed by atoms with E-state index < -0.39 is 0 Å². The molecule has 1 unspecified atom stereocenters. The molecule has 0 amide bonds. The van der Waals surface area contributed by atoms with Gasteiger partial charge in [-0.15, -0.1) is 11.3 Å². The summed E-state index contributed by atoms with van der Waals surface area (Å²) in [6.07, 6.45) is 9.44. The van der Waals surface area contributed by atoms with Gasteiger partial charge in [-0.1, -0.05) is 13.8 Å². The zero-order valence-electron chi connectivity index (χ0n) is 18.2. The minimum absolute atomic E-state index is 0.0195. The monoisotopic (exact) mass is 439 g/mol. The highest BCUT2D eigenvalue weighted by atomic mass is 32.1. The highest BCUT2D eigenvalue weighted by Gasteiger charge is 2.28. The number of hydrogen-bond donors (Lipinski definition) is 0. The first-order valence-corrected chi connectivity index (χ1v) is 11.9. The molecule has 1 atom stereocenters. The number of aryl methyl sites for hydroxylation is 1. The largest absolute Gasteiger partial charge is 0.619 e. The molecule has 1 aliphatic carbocycles. The minimum Gasteiger partial charge on any atom is -0.619 e. The molecule has 0 saturated carbocycles. The first kappa shape index (κ1) is 21.6. The molecule has 3 aromatic rings. The molecule has 0 saturated heterocycles. The molecule has 164 valence electrons. The Balaban J connectivity index is 1.75. The molecule has 0 spiro atoms. The number of aromatic nitrogens is 4. The standard InChI is InChI=1S/C23H29N5O2S/c1-3-10-26(14-17-8-11-27(30)12-9-17)21(4-2)22-25-20-7-5-6-19(20)23(29)28(22)15-18-13-24-16-31-18/h8-9,11-13,16,21H,3-7,10,14-15H2,1-2H3. The van der Waals surface area contributed by atoms with Crippen molar-refractivity contribution in [3.63, 3.8) is 0 Å². The van der Waals surface area contributed by atoms with Gasteiger partial charge in [0.05, 0.1) is 23.8 Å². The SMILES string of the molecule is CCCN(Cc1cc[n+]([O-])cc1)C(CC)c1nc2c(c(=O)n1Cc1cncs1)CCC2. The van der Waals surface area contributed by atoms with Crippen molar-refractivity contribution in [2.24, 2.45) is 0 Å². The average molecular weight is 440 g/mol. The maximum atomic E-state index is 13.5. The quantitative estimate of drug-likeness (QED) is 0.378. The molecule has 31 heavy (non-hydrogen) atoms. The number of hydrogen-bond acceptors (Lipinski definition) is 6. The topological polar surface area (TPSA) is 78.0 Å².